The van der Waals surface area contributed by atoms with Crippen molar-refractivity contribution in [2.45, 2.75) is 36.6 Å². The Kier molecular flexibility index (Phi) is 3.25. The number of rotatable bonds is 4. The van der Waals surface area contributed by atoms with Crippen molar-refractivity contribution in [3.05, 3.63) is 18.1 Å². The van der Waals surface area contributed by atoms with E-state index in [4.69, 9.17) is 4.74 Å². The number of fused-ring (bicyclic) bond motifs is 1. The van der Waals surface area contributed by atoms with Crippen molar-refractivity contribution in [3.8, 4) is 0 Å². The molecule has 1 aromatic rings. The van der Waals surface area contributed by atoms with Gasteiger partial charge in [-0.15, -0.1) is 11.8 Å². The Morgan fingerprint density at radius 1 is 1.47 bits per heavy atom. The van der Waals surface area contributed by atoms with Crippen LogP contribution in [0.15, 0.2) is 17.4 Å². The maximum absolute atomic E-state index is 12.4. The smallest absolute Gasteiger partial charge is 0.318 e. The molecule has 0 aromatic carbocycles. The van der Waals surface area contributed by atoms with Gasteiger partial charge in [0.2, 0.25) is 0 Å². The topological polar surface area (TPSA) is 52.1 Å². The molecule has 0 amide bonds. The maximum Gasteiger partial charge on any atom is 0.318 e. The average Bonchev–Trinajstić information content (AvgIpc) is 3.06. The van der Waals surface area contributed by atoms with Crippen molar-refractivity contribution < 1.29 is 9.53 Å². The van der Waals surface area contributed by atoms with Crippen molar-refractivity contribution >= 4 is 17.7 Å². The minimum Gasteiger partial charge on any atom is -0.465 e. The van der Waals surface area contributed by atoms with Gasteiger partial charge in [-0.25, -0.2) is 4.98 Å². The van der Waals surface area contributed by atoms with E-state index in [0.717, 1.165) is 23.6 Å². The number of carbonyl (C=O) groups excluding carboxylic acids is 1. The normalized spacial score (nSPS) is 31.9. The Labute approximate surface area is 117 Å². The quantitative estimate of drug-likeness (QED) is 0.625. The molecule has 102 valence electrons. The molecular formula is C14H18N2O2S. The Morgan fingerprint density at radius 3 is 2.84 bits per heavy atom. The predicted molar refractivity (Wildman–Crippen MR) is 73.0 cm³/mol. The van der Waals surface area contributed by atoms with Gasteiger partial charge in [-0.3, -0.25) is 9.78 Å². The summed E-state index contributed by atoms with van der Waals surface area (Å²) in [5.41, 5.74) is 0.257. The molecule has 2 unspecified atom stereocenters. The summed E-state index contributed by atoms with van der Waals surface area (Å²) in [6.45, 7) is 2.27. The van der Waals surface area contributed by atoms with Crippen LogP contribution in [-0.2, 0) is 14.9 Å². The molecule has 0 bridgehead atoms. The number of esters is 1. The molecule has 4 nitrogen and oxygen atoms in total. The highest BCUT2D eigenvalue weighted by molar-refractivity contribution is 7.98. The van der Waals surface area contributed by atoms with E-state index in [9.17, 15) is 4.79 Å². The molecule has 2 aliphatic carbocycles. The van der Waals surface area contributed by atoms with Crippen LogP contribution in [-0.4, -0.2) is 28.8 Å². The van der Waals surface area contributed by atoms with Gasteiger partial charge in [0.1, 0.15) is 10.4 Å². The van der Waals surface area contributed by atoms with E-state index in [1.807, 2.05) is 13.2 Å². The summed E-state index contributed by atoms with van der Waals surface area (Å²) in [4.78, 5) is 21.3. The van der Waals surface area contributed by atoms with E-state index in [-0.39, 0.29) is 5.97 Å². The number of nitrogens with zero attached hydrogens (tertiary/aromatic N) is 2. The summed E-state index contributed by atoms with van der Waals surface area (Å²) >= 11 is 1.55. The van der Waals surface area contributed by atoms with Gasteiger partial charge < -0.3 is 4.74 Å². The van der Waals surface area contributed by atoms with Crippen LogP contribution < -0.4 is 0 Å². The van der Waals surface area contributed by atoms with Crippen molar-refractivity contribution in [2.75, 3.05) is 12.9 Å². The third-order valence-electron chi connectivity index (χ3n) is 4.27. The van der Waals surface area contributed by atoms with Crippen LogP contribution >= 0.6 is 11.8 Å². The first kappa shape index (κ1) is 12.9. The zero-order valence-corrected chi connectivity index (χ0v) is 12.1. The van der Waals surface area contributed by atoms with Gasteiger partial charge in [0.05, 0.1) is 18.5 Å². The third-order valence-corrected chi connectivity index (χ3v) is 4.88. The molecule has 2 saturated carbocycles. The van der Waals surface area contributed by atoms with Crippen molar-refractivity contribution in [3.63, 3.8) is 0 Å². The van der Waals surface area contributed by atoms with E-state index in [1.165, 1.54) is 6.42 Å². The lowest BCUT2D eigenvalue weighted by Gasteiger charge is -2.27. The van der Waals surface area contributed by atoms with Crippen molar-refractivity contribution in [2.24, 2.45) is 11.8 Å². The molecule has 3 rings (SSSR count). The minimum atomic E-state index is -0.539. The van der Waals surface area contributed by atoms with Gasteiger partial charge in [0, 0.05) is 6.20 Å². The number of thioether (sulfide) groups is 1. The predicted octanol–water partition coefficient (Wildman–Crippen LogP) is 2.43. The second kappa shape index (κ2) is 4.78. The fourth-order valence-electron chi connectivity index (χ4n) is 3.22. The third kappa shape index (κ3) is 2.14. The molecule has 19 heavy (non-hydrogen) atoms. The number of carbonyl (C=O) groups is 1. The van der Waals surface area contributed by atoms with Crippen molar-refractivity contribution in [1.82, 2.24) is 9.97 Å². The summed E-state index contributed by atoms with van der Waals surface area (Å²) in [5.74, 6) is 1.25. The number of hydrogen-bond donors (Lipinski definition) is 0. The molecule has 5 heteroatoms. The van der Waals surface area contributed by atoms with E-state index in [0.29, 0.717) is 18.4 Å². The minimum absolute atomic E-state index is 0.116. The Morgan fingerprint density at radius 2 is 2.21 bits per heavy atom. The number of hydrogen-bond acceptors (Lipinski definition) is 5. The van der Waals surface area contributed by atoms with Crippen LogP contribution in [0.1, 0.15) is 31.9 Å². The van der Waals surface area contributed by atoms with E-state index in [1.54, 1.807) is 24.2 Å². The zero-order valence-electron chi connectivity index (χ0n) is 11.3. The lowest BCUT2D eigenvalue weighted by molar-refractivity contribution is -0.150. The van der Waals surface area contributed by atoms with E-state index in [2.05, 4.69) is 9.97 Å². The molecular weight excluding hydrogens is 260 g/mol. The van der Waals surface area contributed by atoms with Crippen LogP contribution in [0.25, 0.3) is 0 Å². The second-order valence-corrected chi connectivity index (χ2v) is 6.24. The molecule has 2 fully saturated rings. The van der Waals surface area contributed by atoms with Gasteiger partial charge in [-0.2, -0.15) is 0 Å². The highest BCUT2D eigenvalue weighted by atomic mass is 32.2. The Bertz CT molecular complexity index is 496. The van der Waals surface area contributed by atoms with Crippen LogP contribution in [0.3, 0.4) is 0 Å². The molecule has 2 atom stereocenters. The summed E-state index contributed by atoms with van der Waals surface area (Å²) in [6, 6.07) is 0. The second-order valence-electron chi connectivity index (χ2n) is 5.41. The summed E-state index contributed by atoms with van der Waals surface area (Å²) < 4.78 is 5.31. The largest absolute Gasteiger partial charge is 0.465 e. The van der Waals surface area contributed by atoms with Gasteiger partial charge >= 0.3 is 5.97 Å². The molecule has 0 spiro atoms. The molecule has 1 heterocycles. The standard InChI is InChI=1S/C14H18N2O2S/c1-3-18-13(17)14(5-9-4-10(9)6-14)11-7-15-8-12(16-11)19-2/h7-10H,3-6H2,1-2H3. The highest BCUT2D eigenvalue weighted by Gasteiger charge is 2.59. The average molecular weight is 278 g/mol. The lowest BCUT2D eigenvalue weighted by atomic mass is 9.80. The first-order chi connectivity index (χ1) is 9.19. The van der Waals surface area contributed by atoms with Crippen LogP contribution in [0.4, 0.5) is 0 Å². The fourth-order valence-corrected chi connectivity index (χ4v) is 3.57. The SMILES string of the molecule is CCOC(=O)C1(c2cncc(SC)n2)CC2CC2C1. The lowest BCUT2D eigenvalue weighted by Crippen LogP contribution is -2.37. The number of aromatic nitrogens is 2. The first-order valence-corrected chi connectivity index (χ1v) is 7.96. The summed E-state index contributed by atoms with van der Waals surface area (Å²) in [7, 11) is 0. The summed E-state index contributed by atoms with van der Waals surface area (Å²) in [6.07, 6.45) is 8.46. The molecule has 1 aromatic heterocycles. The molecule has 2 aliphatic rings. The van der Waals surface area contributed by atoms with Gasteiger partial charge in [0.15, 0.2) is 0 Å². The van der Waals surface area contributed by atoms with Crippen molar-refractivity contribution in [1.29, 1.82) is 0 Å². The monoisotopic (exact) mass is 278 g/mol. The Balaban J connectivity index is 1.96. The molecule has 0 saturated heterocycles. The summed E-state index contributed by atoms with van der Waals surface area (Å²) in [5, 5.41) is 0.863. The molecule has 0 aliphatic heterocycles. The molecule has 0 radical (unpaired) electrons. The highest BCUT2D eigenvalue weighted by Crippen LogP contribution is 2.60. The Hall–Kier alpha value is -1.10. The first-order valence-electron chi connectivity index (χ1n) is 6.73. The molecule has 0 N–H and O–H groups in total. The van der Waals surface area contributed by atoms with Gasteiger partial charge in [-0.05, 0) is 44.3 Å². The van der Waals surface area contributed by atoms with Crippen LogP contribution in [0, 0.1) is 11.8 Å². The zero-order chi connectivity index (χ0) is 13.5. The van der Waals surface area contributed by atoms with Gasteiger partial charge in [0.25, 0.3) is 0 Å². The number of ether oxygens (including phenoxy) is 1. The maximum atomic E-state index is 12.4. The van der Waals surface area contributed by atoms with E-state index < -0.39 is 5.41 Å². The van der Waals surface area contributed by atoms with E-state index >= 15 is 0 Å². The van der Waals surface area contributed by atoms with Crippen LogP contribution in [0.5, 0.6) is 0 Å². The fraction of sp³-hybridized carbons (Fsp3) is 0.643. The van der Waals surface area contributed by atoms with Crippen LogP contribution in [0.2, 0.25) is 0 Å². The van der Waals surface area contributed by atoms with Gasteiger partial charge in [-0.1, -0.05) is 0 Å².